The summed E-state index contributed by atoms with van der Waals surface area (Å²) in [6.45, 7) is 6.02. The number of rotatable bonds is 6. The first-order chi connectivity index (χ1) is 13.2. The highest BCUT2D eigenvalue weighted by Crippen LogP contribution is 2.23. The topological polar surface area (TPSA) is 73.9 Å². The predicted octanol–water partition coefficient (Wildman–Crippen LogP) is 4.84. The summed E-state index contributed by atoms with van der Waals surface area (Å²) in [5.41, 5.74) is 1.61. The lowest BCUT2D eigenvalue weighted by Gasteiger charge is -2.20. The van der Waals surface area contributed by atoms with E-state index in [0.717, 1.165) is 15.6 Å². The monoisotopic (exact) mass is 449 g/mol. The number of alkyl carbamates (subject to hydrolysis) is 1. The Morgan fingerprint density at radius 3 is 2.43 bits per heavy atom. The van der Waals surface area contributed by atoms with E-state index in [-0.39, 0.29) is 6.54 Å². The number of methoxy groups -OCH3 is 1. The molecule has 0 radical (unpaired) electrons. The lowest BCUT2D eigenvalue weighted by Crippen LogP contribution is -2.32. The number of hydrogen-bond donors (Lipinski definition) is 1. The highest BCUT2D eigenvalue weighted by Gasteiger charge is 2.16. The first-order valence-electron chi connectivity index (χ1n) is 8.74. The molecule has 0 aliphatic carbocycles. The van der Waals surface area contributed by atoms with E-state index >= 15 is 0 Å². The van der Waals surface area contributed by atoms with Crippen LogP contribution in [0.2, 0.25) is 0 Å². The zero-order valence-corrected chi connectivity index (χ0v) is 18.0. The minimum absolute atomic E-state index is 0.285. The van der Waals surface area contributed by atoms with Crippen LogP contribution in [0.15, 0.2) is 46.9 Å². The third-order valence-corrected chi connectivity index (χ3v) is 4.39. The molecule has 1 N–H and O–H groups in total. The molecule has 1 amide bonds. The molecule has 0 saturated heterocycles. The van der Waals surface area contributed by atoms with Crippen molar-refractivity contribution in [2.45, 2.75) is 39.5 Å². The number of ether oxygens (including phenoxy) is 3. The van der Waals surface area contributed by atoms with E-state index in [9.17, 15) is 9.59 Å². The summed E-state index contributed by atoms with van der Waals surface area (Å²) in [6, 6.07) is 12.6. The number of amides is 1. The number of carbonyl (C=O) groups is 2. The van der Waals surface area contributed by atoms with E-state index in [2.05, 4.69) is 21.2 Å². The van der Waals surface area contributed by atoms with Crippen LogP contribution in [-0.4, -0.2) is 24.8 Å². The van der Waals surface area contributed by atoms with Gasteiger partial charge in [-0.2, -0.15) is 0 Å². The standard InChI is InChI=1S/C21H24BrNO5/c1-21(2,3)28-20(25)23-12-15-7-5-6-8-18(15)27-13-16-10-9-14(11-17(16)22)19(24)26-4/h5-11H,12-13H2,1-4H3,(H,23,25). The molecule has 2 aromatic carbocycles. The quantitative estimate of drug-likeness (QED) is 0.638. The Hall–Kier alpha value is -2.54. The Morgan fingerprint density at radius 1 is 1.07 bits per heavy atom. The van der Waals surface area contributed by atoms with Crippen molar-refractivity contribution in [1.29, 1.82) is 0 Å². The molecule has 0 atom stereocenters. The highest BCUT2D eigenvalue weighted by atomic mass is 79.9. The number of nitrogens with one attached hydrogen (secondary N) is 1. The van der Waals surface area contributed by atoms with Crippen LogP contribution in [0.5, 0.6) is 5.75 Å². The van der Waals surface area contributed by atoms with Crippen molar-refractivity contribution in [3.8, 4) is 5.75 Å². The molecule has 0 unspecified atom stereocenters. The molecule has 0 saturated carbocycles. The Kier molecular flexibility index (Phi) is 7.45. The summed E-state index contributed by atoms with van der Waals surface area (Å²) in [5, 5.41) is 2.73. The van der Waals surface area contributed by atoms with Crippen LogP contribution >= 0.6 is 15.9 Å². The van der Waals surface area contributed by atoms with Crippen molar-refractivity contribution in [1.82, 2.24) is 5.32 Å². The van der Waals surface area contributed by atoms with Crippen LogP contribution in [0, 0.1) is 0 Å². The largest absolute Gasteiger partial charge is 0.489 e. The summed E-state index contributed by atoms with van der Waals surface area (Å²) in [6.07, 6.45) is -0.483. The van der Waals surface area contributed by atoms with Gasteiger partial charge < -0.3 is 19.5 Å². The second kappa shape index (κ2) is 9.59. The molecule has 2 aromatic rings. The maximum absolute atomic E-state index is 11.9. The van der Waals surface area contributed by atoms with E-state index < -0.39 is 17.7 Å². The Morgan fingerprint density at radius 2 is 1.79 bits per heavy atom. The van der Waals surface area contributed by atoms with Gasteiger partial charge in [0, 0.05) is 22.1 Å². The summed E-state index contributed by atoms with van der Waals surface area (Å²) in [7, 11) is 1.34. The first kappa shape index (κ1) is 21.8. The lowest BCUT2D eigenvalue weighted by atomic mass is 10.1. The van der Waals surface area contributed by atoms with E-state index in [1.54, 1.807) is 18.2 Å². The molecule has 0 spiro atoms. The first-order valence-corrected chi connectivity index (χ1v) is 9.53. The van der Waals surface area contributed by atoms with Crippen molar-refractivity contribution in [3.05, 3.63) is 63.6 Å². The molecule has 6 nitrogen and oxygen atoms in total. The molecule has 0 aliphatic rings. The van der Waals surface area contributed by atoms with Gasteiger partial charge in [-0.25, -0.2) is 9.59 Å². The second-order valence-electron chi connectivity index (χ2n) is 7.05. The van der Waals surface area contributed by atoms with Gasteiger partial charge in [0.2, 0.25) is 0 Å². The minimum atomic E-state index is -0.553. The highest BCUT2D eigenvalue weighted by molar-refractivity contribution is 9.10. The van der Waals surface area contributed by atoms with Gasteiger partial charge in [0.05, 0.1) is 12.7 Å². The van der Waals surface area contributed by atoms with Crippen molar-refractivity contribution in [3.63, 3.8) is 0 Å². The van der Waals surface area contributed by atoms with Crippen LogP contribution in [0.1, 0.15) is 42.3 Å². The molecule has 28 heavy (non-hydrogen) atoms. The fourth-order valence-corrected chi connectivity index (χ4v) is 2.83. The molecule has 0 aliphatic heterocycles. The van der Waals surface area contributed by atoms with E-state index in [1.807, 2.05) is 45.0 Å². The summed E-state index contributed by atoms with van der Waals surface area (Å²) in [5.74, 6) is 0.259. The molecular weight excluding hydrogens is 426 g/mol. The van der Waals surface area contributed by atoms with Gasteiger partial charge >= 0.3 is 12.1 Å². The van der Waals surface area contributed by atoms with Crippen molar-refractivity contribution in [2.75, 3.05) is 7.11 Å². The van der Waals surface area contributed by atoms with Crippen molar-refractivity contribution >= 4 is 28.0 Å². The van der Waals surface area contributed by atoms with Gasteiger partial charge in [0.1, 0.15) is 18.0 Å². The Balaban J connectivity index is 2.02. The van der Waals surface area contributed by atoms with Crippen molar-refractivity contribution < 1.29 is 23.8 Å². The molecular formula is C21H24BrNO5. The lowest BCUT2D eigenvalue weighted by molar-refractivity contribution is 0.0522. The number of hydrogen-bond acceptors (Lipinski definition) is 5. The molecule has 150 valence electrons. The minimum Gasteiger partial charge on any atom is -0.489 e. The fourth-order valence-electron chi connectivity index (χ4n) is 2.34. The van der Waals surface area contributed by atoms with Crippen LogP contribution < -0.4 is 10.1 Å². The van der Waals surface area contributed by atoms with Gasteiger partial charge in [-0.15, -0.1) is 0 Å². The third-order valence-electron chi connectivity index (χ3n) is 3.65. The average Bonchev–Trinajstić information content (AvgIpc) is 2.64. The van der Waals surface area contributed by atoms with Crippen LogP contribution in [0.25, 0.3) is 0 Å². The number of para-hydroxylation sites is 1. The normalized spacial score (nSPS) is 10.9. The predicted molar refractivity (Wildman–Crippen MR) is 109 cm³/mol. The van der Waals surface area contributed by atoms with Gasteiger partial charge in [0.25, 0.3) is 0 Å². The van der Waals surface area contributed by atoms with E-state index in [0.29, 0.717) is 17.9 Å². The molecule has 0 bridgehead atoms. The SMILES string of the molecule is COC(=O)c1ccc(COc2ccccc2CNC(=O)OC(C)(C)C)c(Br)c1. The Bertz CT molecular complexity index is 845. The van der Waals surface area contributed by atoms with Crippen molar-refractivity contribution in [2.24, 2.45) is 0 Å². The fraction of sp³-hybridized carbons (Fsp3) is 0.333. The van der Waals surface area contributed by atoms with Crippen LogP contribution in [-0.2, 0) is 22.6 Å². The third kappa shape index (κ3) is 6.56. The van der Waals surface area contributed by atoms with Gasteiger partial charge in [-0.05, 0) is 39.0 Å². The molecule has 0 fully saturated rings. The number of esters is 1. The van der Waals surface area contributed by atoms with E-state index in [1.165, 1.54) is 7.11 Å². The number of carbonyl (C=O) groups excluding carboxylic acids is 2. The van der Waals surface area contributed by atoms with E-state index in [4.69, 9.17) is 14.2 Å². The summed E-state index contributed by atoms with van der Waals surface area (Å²) < 4.78 is 16.6. The second-order valence-corrected chi connectivity index (χ2v) is 7.90. The zero-order chi connectivity index (χ0) is 20.7. The molecule has 7 heteroatoms. The van der Waals surface area contributed by atoms with Crippen LogP contribution in [0.3, 0.4) is 0 Å². The smallest absolute Gasteiger partial charge is 0.407 e. The van der Waals surface area contributed by atoms with Gasteiger partial charge in [-0.1, -0.05) is 40.2 Å². The molecule has 2 rings (SSSR count). The van der Waals surface area contributed by atoms with Gasteiger partial charge in [-0.3, -0.25) is 0 Å². The summed E-state index contributed by atoms with van der Waals surface area (Å²) >= 11 is 3.45. The average molecular weight is 450 g/mol. The maximum atomic E-state index is 11.9. The van der Waals surface area contributed by atoms with Gasteiger partial charge in [0.15, 0.2) is 0 Å². The summed E-state index contributed by atoms with van der Waals surface area (Å²) in [4.78, 5) is 23.5. The zero-order valence-electron chi connectivity index (χ0n) is 16.4. The van der Waals surface area contributed by atoms with Crippen LogP contribution in [0.4, 0.5) is 4.79 Å². The molecule has 0 aromatic heterocycles. The number of benzene rings is 2. The molecule has 0 heterocycles. The Labute approximate surface area is 173 Å². The maximum Gasteiger partial charge on any atom is 0.407 e. The number of halogens is 1.